The van der Waals surface area contributed by atoms with Crippen molar-refractivity contribution in [1.29, 1.82) is 0 Å². The van der Waals surface area contributed by atoms with E-state index in [1.165, 1.54) is 0 Å². The molecule has 30 heavy (non-hydrogen) atoms. The van der Waals surface area contributed by atoms with Gasteiger partial charge in [-0.2, -0.15) is 0 Å². The highest BCUT2D eigenvalue weighted by atomic mass is 16.5. The standard InChI is InChI=1S/C24H42O6/c1-7-14(2)22(27)30-18-12-8-10-17-19(18)16(15(3)20(25)21(17)26)11-9-13-29-23(28)24(4,5)6/h14-21,25-26H,7-13H2,1-6H3/t14-,15+,16-,17-,18-,19+,20-,21+/m0/s1. The number of hydrogen-bond acceptors (Lipinski definition) is 6. The number of aliphatic hydroxyl groups is 2. The van der Waals surface area contributed by atoms with Crippen LogP contribution >= 0.6 is 0 Å². The molecule has 0 aromatic rings. The quantitative estimate of drug-likeness (QED) is 0.476. The fraction of sp³-hybridized carbons (Fsp3) is 0.917. The Kier molecular flexibility index (Phi) is 8.75. The third-order valence-corrected chi connectivity index (χ3v) is 7.26. The Morgan fingerprint density at radius 1 is 1.13 bits per heavy atom. The summed E-state index contributed by atoms with van der Waals surface area (Å²) in [6.07, 6.45) is 2.92. The van der Waals surface area contributed by atoms with Gasteiger partial charge in [-0.05, 0) is 77.0 Å². The van der Waals surface area contributed by atoms with Crippen molar-refractivity contribution in [1.82, 2.24) is 0 Å². The van der Waals surface area contributed by atoms with Gasteiger partial charge in [-0.3, -0.25) is 9.59 Å². The first-order valence-corrected chi connectivity index (χ1v) is 11.7. The van der Waals surface area contributed by atoms with Crippen LogP contribution in [0.5, 0.6) is 0 Å². The Morgan fingerprint density at radius 2 is 1.80 bits per heavy atom. The fourth-order valence-electron chi connectivity index (χ4n) is 5.10. The molecule has 0 aliphatic heterocycles. The zero-order chi connectivity index (χ0) is 22.6. The van der Waals surface area contributed by atoms with Crippen molar-refractivity contribution in [2.75, 3.05) is 6.61 Å². The zero-order valence-electron chi connectivity index (χ0n) is 19.6. The summed E-state index contributed by atoms with van der Waals surface area (Å²) in [5, 5.41) is 21.4. The molecule has 2 aliphatic rings. The molecule has 0 radical (unpaired) electrons. The van der Waals surface area contributed by atoms with Crippen LogP contribution in [-0.2, 0) is 19.1 Å². The van der Waals surface area contributed by atoms with Crippen LogP contribution in [0.1, 0.15) is 80.1 Å². The monoisotopic (exact) mass is 426 g/mol. The minimum Gasteiger partial charge on any atom is -0.465 e. The van der Waals surface area contributed by atoms with E-state index in [1.54, 1.807) is 0 Å². The second kappa shape index (κ2) is 10.4. The number of rotatable bonds is 7. The van der Waals surface area contributed by atoms with E-state index in [0.29, 0.717) is 13.0 Å². The van der Waals surface area contributed by atoms with Crippen molar-refractivity contribution < 1.29 is 29.3 Å². The first-order valence-electron chi connectivity index (χ1n) is 11.7. The Morgan fingerprint density at radius 3 is 2.40 bits per heavy atom. The van der Waals surface area contributed by atoms with Crippen molar-refractivity contribution in [3.05, 3.63) is 0 Å². The van der Waals surface area contributed by atoms with E-state index >= 15 is 0 Å². The molecule has 6 heteroatoms. The summed E-state index contributed by atoms with van der Waals surface area (Å²) in [6, 6.07) is 0. The van der Waals surface area contributed by atoms with Gasteiger partial charge in [0.15, 0.2) is 0 Å². The molecule has 2 aliphatic carbocycles. The topological polar surface area (TPSA) is 93.1 Å². The first kappa shape index (κ1) is 25.1. The molecule has 0 spiro atoms. The normalized spacial score (nSPS) is 35.3. The molecule has 0 heterocycles. The smallest absolute Gasteiger partial charge is 0.311 e. The Balaban J connectivity index is 2.10. The predicted octanol–water partition coefficient (Wildman–Crippen LogP) is 3.72. The minimum atomic E-state index is -0.787. The number of aliphatic hydroxyl groups excluding tert-OH is 2. The highest BCUT2D eigenvalue weighted by Crippen LogP contribution is 2.49. The second-order valence-corrected chi connectivity index (χ2v) is 10.5. The maximum atomic E-state index is 12.5. The molecule has 2 rings (SSSR count). The van der Waals surface area contributed by atoms with Gasteiger partial charge < -0.3 is 19.7 Å². The van der Waals surface area contributed by atoms with E-state index in [4.69, 9.17) is 9.47 Å². The van der Waals surface area contributed by atoms with Crippen LogP contribution in [-0.4, -0.2) is 47.1 Å². The number of fused-ring (bicyclic) bond motifs is 1. The molecule has 0 bridgehead atoms. The third kappa shape index (κ3) is 5.76. The number of hydrogen-bond donors (Lipinski definition) is 2. The number of carbonyl (C=O) groups is 2. The average Bonchev–Trinajstić information content (AvgIpc) is 2.70. The van der Waals surface area contributed by atoms with Crippen molar-refractivity contribution >= 4 is 11.9 Å². The van der Waals surface area contributed by atoms with E-state index in [1.807, 2.05) is 41.5 Å². The summed E-state index contributed by atoms with van der Waals surface area (Å²) in [5.41, 5.74) is -0.526. The number of carbonyl (C=O) groups excluding carboxylic acids is 2. The van der Waals surface area contributed by atoms with Crippen molar-refractivity contribution in [3.8, 4) is 0 Å². The molecule has 8 atom stereocenters. The van der Waals surface area contributed by atoms with Crippen LogP contribution in [0.25, 0.3) is 0 Å². The maximum absolute atomic E-state index is 12.5. The van der Waals surface area contributed by atoms with E-state index in [9.17, 15) is 19.8 Å². The lowest BCUT2D eigenvalue weighted by molar-refractivity contribution is -0.186. The van der Waals surface area contributed by atoms with Gasteiger partial charge in [-0.1, -0.05) is 20.8 Å². The molecule has 0 saturated heterocycles. The predicted molar refractivity (Wildman–Crippen MR) is 114 cm³/mol. The molecular formula is C24H42O6. The van der Waals surface area contributed by atoms with Crippen LogP contribution in [0.2, 0.25) is 0 Å². The van der Waals surface area contributed by atoms with E-state index in [-0.39, 0.29) is 47.6 Å². The summed E-state index contributed by atoms with van der Waals surface area (Å²) in [5.74, 6) is -0.573. The van der Waals surface area contributed by atoms with Crippen LogP contribution in [0, 0.1) is 35.0 Å². The SMILES string of the molecule is CC[C@H](C)C(=O)O[C@H]1CCC[C@@H]2[C@@H](O)[C@@H](O)[C@H](C)[C@H](CCCOC(=O)C(C)(C)C)[C@H]21. The van der Waals surface area contributed by atoms with Crippen molar-refractivity contribution in [2.45, 2.75) is 98.4 Å². The summed E-state index contributed by atoms with van der Waals surface area (Å²) in [7, 11) is 0. The van der Waals surface area contributed by atoms with Crippen molar-refractivity contribution in [2.24, 2.45) is 35.0 Å². The van der Waals surface area contributed by atoms with Gasteiger partial charge in [0.1, 0.15) is 6.10 Å². The minimum absolute atomic E-state index is 0.0264. The molecule has 0 unspecified atom stereocenters. The number of esters is 2. The molecule has 0 aromatic heterocycles. The maximum Gasteiger partial charge on any atom is 0.311 e. The van der Waals surface area contributed by atoms with Gasteiger partial charge in [0.05, 0.1) is 30.1 Å². The lowest BCUT2D eigenvalue weighted by atomic mass is 9.57. The molecular weight excluding hydrogens is 384 g/mol. The molecule has 2 fully saturated rings. The lowest BCUT2D eigenvalue weighted by Crippen LogP contribution is -2.57. The van der Waals surface area contributed by atoms with Crippen LogP contribution < -0.4 is 0 Å². The van der Waals surface area contributed by atoms with Gasteiger partial charge in [-0.25, -0.2) is 0 Å². The van der Waals surface area contributed by atoms with E-state index in [0.717, 1.165) is 32.1 Å². The van der Waals surface area contributed by atoms with Crippen LogP contribution in [0.4, 0.5) is 0 Å². The summed E-state index contributed by atoms with van der Waals surface area (Å²) in [6.45, 7) is 11.7. The molecule has 0 aromatic carbocycles. The van der Waals surface area contributed by atoms with E-state index in [2.05, 4.69) is 0 Å². The highest BCUT2D eigenvalue weighted by Gasteiger charge is 2.52. The van der Waals surface area contributed by atoms with Gasteiger partial charge >= 0.3 is 11.9 Å². The average molecular weight is 427 g/mol. The van der Waals surface area contributed by atoms with Gasteiger partial charge in [0.25, 0.3) is 0 Å². The molecule has 174 valence electrons. The van der Waals surface area contributed by atoms with Crippen LogP contribution in [0.3, 0.4) is 0 Å². The Bertz CT molecular complexity index is 583. The van der Waals surface area contributed by atoms with Gasteiger partial charge in [-0.15, -0.1) is 0 Å². The summed E-state index contributed by atoms with van der Waals surface area (Å²) >= 11 is 0. The molecule has 0 amide bonds. The largest absolute Gasteiger partial charge is 0.465 e. The summed E-state index contributed by atoms with van der Waals surface area (Å²) < 4.78 is 11.4. The lowest BCUT2D eigenvalue weighted by Gasteiger charge is -2.52. The van der Waals surface area contributed by atoms with Crippen LogP contribution in [0.15, 0.2) is 0 Å². The molecule has 2 N–H and O–H groups in total. The van der Waals surface area contributed by atoms with Gasteiger partial charge in [0, 0.05) is 5.92 Å². The highest BCUT2D eigenvalue weighted by molar-refractivity contribution is 5.75. The third-order valence-electron chi connectivity index (χ3n) is 7.26. The Labute approximate surface area is 181 Å². The first-order chi connectivity index (χ1) is 14.0. The number of ether oxygens (including phenoxy) is 2. The summed E-state index contributed by atoms with van der Waals surface area (Å²) in [4.78, 5) is 24.5. The van der Waals surface area contributed by atoms with Gasteiger partial charge in [0.2, 0.25) is 0 Å². The Hall–Kier alpha value is -1.14. The molecule has 6 nitrogen and oxygen atoms in total. The van der Waals surface area contributed by atoms with Crippen molar-refractivity contribution in [3.63, 3.8) is 0 Å². The zero-order valence-corrected chi connectivity index (χ0v) is 19.6. The second-order valence-electron chi connectivity index (χ2n) is 10.5. The van der Waals surface area contributed by atoms with E-state index < -0.39 is 17.6 Å². The molecule has 2 saturated carbocycles. The fourth-order valence-corrected chi connectivity index (χ4v) is 5.10.